The van der Waals surface area contributed by atoms with Gasteiger partial charge in [-0.15, -0.1) is 0 Å². The lowest BCUT2D eigenvalue weighted by Crippen LogP contribution is -2.07. The Kier molecular flexibility index (Phi) is 3.47. The lowest BCUT2D eigenvalue weighted by atomic mass is 9.87. The molecule has 1 heteroatoms. The number of fused-ring (bicyclic) bond motifs is 1. The van der Waals surface area contributed by atoms with Crippen LogP contribution in [0.2, 0.25) is 0 Å². The van der Waals surface area contributed by atoms with Gasteiger partial charge in [-0.1, -0.05) is 60.7 Å². The fourth-order valence-electron chi connectivity index (χ4n) is 3.05. The maximum atomic E-state index is 5.89. The minimum Gasteiger partial charge on any atom is -0.399 e. The number of hydrogen-bond acceptors (Lipinski definition) is 1. The van der Waals surface area contributed by atoms with E-state index in [9.17, 15) is 0 Å². The van der Waals surface area contributed by atoms with Gasteiger partial charge in [-0.05, 0) is 64.4 Å². The molecule has 0 fully saturated rings. The predicted molar refractivity (Wildman–Crippen MR) is 99.1 cm³/mol. The van der Waals surface area contributed by atoms with Gasteiger partial charge >= 0.3 is 0 Å². The van der Waals surface area contributed by atoms with Crippen molar-refractivity contribution >= 4 is 17.8 Å². The van der Waals surface area contributed by atoms with Crippen LogP contribution in [0.5, 0.6) is 0 Å². The first-order chi connectivity index (χ1) is 11.3. The Morgan fingerprint density at radius 2 is 1.35 bits per heavy atom. The Morgan fingerprint density at radius 3 is 2.04 bits per heavy atom. The zero-order valence-electron chi connectivity index (χ0n) is 13.0. The molecule has 2 N–H and O–H groups in total. The van der Waals surface area contributed by atoms with Gasteiger partial charge in [0.05, 0.1) is 0 Å². The molecule has 0 bridgehead atoms. The first-order valence-electron chi connectivity index (χ1n) is 8.04. The second-order valence-corrected chi connectivity index (χ2v) is 6.11. The van der Waals surface area contributed by atoms with Gasteiger partial charge in [0.2, 0.25) is 0 Å². The predicted octanol–water partition coefficient (Wildman–Crippen LogP) is 5.20. The second-order valence-electron chi connectivity index (χ2n) is 6.11. The number of benzene rings is 3. The standard InChI is InChI=1S/C22H19N/c23-22-6-2-5-20(15-22)19-4-1-3-16(13-19)7-8-17-9-10-18-11-12-21(18)14-17/h1-10,13-15H,11-12,23H2/b8-7+. The first kappa shape index (κ1) is 13.8. The number of rotatable bonds is 3. The summed E-state index contributed by atoms with van der Waals surface area (Å²) >= 11 is 0. The Labute approximate surface area is 137 Å². The van der Waals surface area contributed by atoms with Crippen LogP contribution >= 0.6 is 0 Å². The normalized spacial score (nSPS) is 12.9. The first-order valence-corrected chi connectivity index (χ1v) is 8.04. The monoisotopic (exact) mass is 297 g/mol. The molecule has 0 saturated heterocycles. The van der Waals surface area contributed by atoms with Gasteiger partial charge in [-0.25, -0.2) is 0 Å². The van der Waals surface area contributed by atoms with E-state index in [2.05, 4.69) is 60.7 Å². The van der Waals surface area contributed by atoms with E-state index in [1.54, 1.807) is 0 Å². The summed E-state index contributed by atoms with van der Waals surface area (Å²) in [6.07, 6.45) is 6.83. The van der Waals surface area contributed by atoms with E-state index in [0.717, 1.165) is 11.3 Å². The minimum absolute atomic E-state index is 0.797. The summed E-state index contributed by atoms with van der Waals surface area (Å²) in [5.41, 5.74) is 14.5. The van der Waals surface area contributed by atoms with E-state index in [1.807, 2.05) is 18.2 Å². The molecule has 3 aromatic rings. The van der Waals surface area contributed by atoms with Gasteiger partial charge < -0.3 is 5.73 Å². The smallest absolute Gasteiger partial charge is 0.0320 e. The van der Waals surface area contributed by atoms with Crippen LogP contribution < -0.4 is 5.73 Å². The summed E-state index contributed by atoms with van der Waals surface area (Å²) in [4.78, 5) is 0. The van der Waals surface area contributed by atoms with Crippen molar-refractivity contribution in [3.05, 3.63) is 89.0 Å². The molecule has 0 spiro atoms. The number of anilines is 1. The molecular formula is C22H19N. The zero-order chi connectivity index (χ0) is 15.6. The molecule has 1 nitrogen and oxygen atoms in total. The molecular weight excluding hydrogens is 278 g/mol. The van der Waals surface area contributed by atoms with E-state index < -0.39 is 0 Å². The molecule has 0 atom stereocenters. The van der Waals surface area contributed by atoms with Crippen molar-refractivity contribution in [2.75, 3.05) is 5.73 Å². The summed E-state index contributed by atoms with van der Waals surface area (Å²) in [7, 11) is 0. The van der Waals surface area contributed by atoms with Crippen LogP contribution in [-0.2, 0) is 12.8 Å². The highest BCUT2D eigenvalue weighted by Crippen LogP contribution is 2.25. The van der Waals surface area contributed by atoms with Crippen LogP contribution in [-0.4, -0.2) is 0 Å². The van der Waals surface area contributed by atoms with E-state index in [1.165, 1.54) is 40.7 Å². The van der Waals surface area contributed by atoms with Gasteiger partial charge in [0.25, 0.3) is 0 Å². The van der Waals surface area contributed by atoms with Crippen molar-refractivity contribution < 1.29 is 0 Å². The van der Waals surface area contributed by atoms with Crippen molar-refractivity contribution in [3.8, 4) is 11.1 Å². The Hall–Kier alpha value is -2.80. The molecule has 0 aliphatic heterocycles. The second kappa shape index (κ2) is 5.77. The molecule has 0 amide bonds. The van der Waals surface area contributed by atoms with Crippen molar-refractivity contribution in [2.24, 2.45) is 0 Å². The summed E-state index contributed by atoms with van der Waals surface area (Å²) in [5.74, 6) is 0. The van der Waals surface area contributed by atoms with Gasteiger partial charge in [-0.3, -0.25) is 0 Å². The SMILES string of the molecule is Nc1cccc(-c2cccc(/C=C/c3ccc4c(c3)CC4)c2)c1. The average Bonchev–Trinajstić information content (AvgIpc) is 2.55. The van der Waals surface area contributed by atoms with E-state index in [0.29, 0.717) is 0 Å². The van der Waals surface area contributed by atoms with Crippen LogP contribution in [0.3, 0.4) is 0 Å². The number of hydrogen-bond donors (Lipinski definition) is 1. The molecule has 0 radical (unpaired) electrons. The molecule has 23 heavy (non-hydrogen) atoms. The zero-order valence-corrected chi connectivity index (χ0v) is 13.0. The highest BCUT2D eigenvalue weighted by atomic mass is 14.5. The molecule has 3 aromatic carbocycles. The third kappa shape index (κ3) is 2.91. The molecule has 0 aromatic heterocycles. The minimum atomic E-state index is 0.797. The Bertz CT molecular complexity index is 890. The molecule has 0 unspecified atom stereocenters. The summed E-state index contributed by atoms with van der Waals surface area (Å²) < 4.78 is 0. The fraction of sp³-hybridized carbons (Fsp3) is 0.0909. The van der Waals surface area contributed by atoms with Crippen molar-refractivity contribution in [2.45, 2.75) is 12.8 Å². The molecule has 1 aliphatic rings. The fourth-order valence-corrected chi connectivity index (χ4v) is 3.05. The largest absolute Gasteiger partial charge is 0.399 e. The summed E-state index contributed by atoms with van der Waals surface area (Å²) in [6.45, 7) is 0. The number of nitrogen functional groups attached to an aromatic ring is 1. The van der Waals surface area contributed by atoms with Crippen molar-refractivity contribution in [3.63, 3.8) is 0 Å². The summed E-state index contributed by atoms with van der Waals surface area (Å²) in [5, 5.41) is 0. The third-order valence-electron chi connectivity index (χ3n) is 4.47. The van der Waals surface area contributed by atoms with Gasteiger partial charge in [-0.2, -0.15) is 0 Å². The maximum Gasteiger partial charge on any atom is 0.0320 e. The van der Waals surface area contributed by atoms with E-state index in [4.69, 9.17) is 5.73 Å². The van der Waals surface area contributed by atoms with Crippen molar-refractivity contribution in [1.29, 1.82) is 0 Å². The van der Waals surface area contributed by atoms with Gasteiger partial charge in [0.1, 0.15) is 0 Å². The Morgan fingerprint density at radius 1 is 0.652 bits per heavy atom. The van der Waals surface area contributed by atoms with Crippen LogP contribution in [0.25, 0.3) is 23.3 Å². The average molecular weight is 297 g/mol. The molecule has 112 valence electrons. The van der Waals surface area contributed by atoms with Crippen molar-refractivity contribution in [1.82, 2.24) is 0 Å². The van der Waals surface area contributed by atoms with Crippen LogP contribution in [0, 0.1) is 0 Å². The molecule has 4 rings (SSSR count). The van der Waals surface area contributed by atoms with Gasteiger partial charge in [0, 0.05) is 5.69 Å². The topological polar surface area (TPSA) is 26.0 Å². The quantitative estimate of drug-likeness (QED) is 0.521. The lowest BCUT2D eigenvalue weighted by Gasteiger charge is -2.18. The molecule has 0 saturated carbocycles. The number of nitrogens with two attached hydrogens (primary N) is 1. The highest BCUT2D eigenvalue weighted by Gasteiger charge is 2.11. The summed E-state index contributed by atoms with van der Waals surface area (Å²) in [6, 6.07) is 23.3. The lowest BCUT2D eigenvalue weighted by molar-refractivity contribution is 0.839. The Balaban J connectivity index is 1.60. The molecule has 0 heterocycles. The number of aryl methyl sites for hydroxylation is 2. The third-order valence-corrected chi connectivity index (χ3v) is 4.47. The van der Waals surface area contributed by atoms with Crippen LogP contribution in [0.1, 0.15) is 22.3 Å². The molecule has 1 aliphatic carbocycles. The van der Waals surface area contributed by atoms with E-state index in [-0.39, 0.29) is 0 Å². The van der Waals surface area contributed by atoms with Gasteiger partial charge in [0.15, 0.2) is 0 Å². The van der Waals surface area contributed by atoms with E-state index >= 15 is 0 Å². The van der Waals surface area contributed by atoms with Crippen LogP contribution in [0.4, 0.5) is 5.69 Å². The maximum absolute atomic E-state index is 5.89. The van der Waals surface area contributed by atoms with Crippen LogP contribution in [0.15, 0.2) is 66.7 Å². The highest BCUT2D eigenvalue weighted by molar-refractivity contribution is 5.75.